The van der Waals surface area contributed by atoms with E-state index in [1.165, 1.54) is 0 Å². The van der Waals surface area contributed by atoms with Gasteiger partial charge in [0.15, 0.2) is 0 Å². The number of benzene rings is 1. The Hall–Kier alpha value is -1.77. The standard InChI is InChI=1S/C16H24N2O/c1-5-10-18(12(2)3)16(19)11-13(4)14-6-8-15(17)9-7-14/h5-9,12-13H,1,10-11,17H2,2-4H3. The SMILES string of the molecule is C=CCN(C(=O)CC(C)c1ccc(N)cc1)C(C)C. The van der Waals surface area contributed by atoms with Gasteiger partial charge in [0.1, 0.15) is 0 Å². The van der Waals surface area contributed by atoms with Gasteiger partial charge in [0.05, 0.1) is 0 Å². The van der Waals surface area contributed by atoms with Gasteiger partial charge in [0.25, 0.3) is 0 Å². The molecule has 0 aliphatic rings. The van der Waals surface area contributed by atoms with Crippen LogP contribution in [0.25, 0.3) is 0 Å². The van der Waals surface area contributed by atoms with Crippen molar-refractivity contribution in [2.24, 2.45) is 0 Å². The number of amides is 1. The Bertz CT molecular complexity index is 423. The molecule has 3 nitrogen and oxygen atoms in total. The number of anilines is 1. The molecular weight excluding hydrogens is 236 g/mol. The summed E-state index contributed by atoms with van der Waals surface area (Å²) >= 11 is 0. The summed E-state index contributed by atoms with van der Waals surface area (Å²) < 4.78 is 0. The number of nitrogens with two attached hydrogens (primary N) is 1. The van der Waals surface area contributed by atoms with Crippen LogP contribution in [0.2, 0.25) is 0 Å². The molecule has 0 aromatic heterocycles. The van der Waals surface area contributed by atoms with Gasteiger partial charge in [-0.15, -0.1) is 6.58 Å². The number of nitrogen functional groups attached to an aromatic ring is 1. The first-order valence-electron chi connectivity index (χ1n) is 6.71. The predicted octanol–water partition coefficient (Wildman–Crippen LogP) is 3.19. The number of carbonyl (C=O) groups is 1. The topological polar surface area (TPSA) is 46.3 Å². The molecule has 104 valence electrons. The largest absolute Gasteiger partial charge is 0.399 e. The first-order chi connectivity index (χ1) is 8.95. The number of hydrogen-bond acceptors (Lipinski definition) is 2. The van der Waals surface area contributed by atoms with Crippen molar-refractivity contribution in [1.29, 1.82) is 0 Å². The van der Waals surface area contributed by atoms with Crippen LogP contribution in [0.15, 0.2) is 36.9 Å². The van der Waals surface area contributed by atoms with Gasteiger partial charge in [-0.25, -0.2) is 0 Å². The van der Waals surface area contributed by atoms with E-state index < -0.39 is 0 Å². The summed E-state index contributed by atoms with van der Waals surface area (Å²) in [4.78, 5) is 14.1. The molecule has 0 heterocycles. The monoisotopic (exact) mass is 260 g/mol. The molecule has 1 aromatic rings. The van der Waals surface area contributed by atoms with Gasteiger partial charge >= 0.3 is 0 Å². The Balaban J connectivity index is 2.69. The van der Waals surface area contributed by atoms with E-state index in [4.69, 9.17) is 5.73 Å². The lowest BCUT2D eigenvalue weighted by atomic mass is 9.96. The molecule has 0 aliphatic heterocycles. The summed E-state index contributed by atoms with van der Waals surface area (Å²) in [5, 5.41) is 0. The van der Waals surface area contributed by atoms with Crippen LogP contribution in [-0.2, 0) is 4.79 Å². The minimum Gasteiger partial charge on any atom is -0.399 e. The maximum absolute atomic E-state index is 12.3. The molecule has 1 atom stereocenters. The molecule has 1 aromatic carbocycles. The van der Waals surface area contributed by atoms with Crippen LogP contribution >= 0.6 is 0 Å². The number of nitrogens with zero attached hydrogens (tertiary/aromatic N) is 1. The molecule has 0 aliphatic carbocycles. The first kappa shape index (κ1) is 15.3. The van der Waals surface area contributed by atoms with Gasteiger partial charge in [0, 0.05) is 24.7 Å². The average molecular weight is 260 g/mol. The summed E-state index contributed by atoms with van der Waals surface area (Å²) in [6.45, 7) is 10.4. The van der Waals surface area contributed by atoms with Crippen LogP contribution in [0, 0.1) is 0 Å². The van der Waals surface area contributed by atoms with Gasteiger partial charge in [-0.2, -0.15) is 0 Å². The van der Waals surface area contributed by atoms with Gasteiger partial charge in [0.2, 0.25) is 5.91 Å². The number of hydrogen-bond donors (Lipinski definition) is 1. The van der Waals surface area contributed by atoms with Crippen molar-refractivity contribution in [2.45, 2.75) is 39.2 Å². The summed E-state index contributed by atoms with van der Waals surface area (Å²) in [6.07, 6.45) is 2.28. The van der Waals surface area contributed by atoms with Crippen molar-refractivity contribution in [3.8, 4) is 0 Å². The van der Waals surface area contributed by atoms with Gasteiger partial charge in [-0.1, -0.05) is 25.1 Å². The molecule has 0 spiro atoms. The van der Waals surface area contributed by atoms with E-state index >= 15 is 0 Å². The third kappa shape index (κ3) is 4.43. The Kier molecular flexibility index (Phi) is 5.61. The van der Waals surface area contributed by atoms with Gasteiger partial charge in [-0.3, -0.25) is 4.79 Å². The second-order valence-electron chi connectivity index (χ2n) is 5.20. The summed E-state index contributed by atoms with van der Waals surface area (Å²) in [7, 11) is 0. The summed E-state index contributed by atoms with van der Waals surface area (Å²) in [5.41, 5.74) is 7.56. The van der Waals surface area contributed by atoms with E-state index in [2.05, 4.69) is 13.5 Å². The van der Waals surface area contributed by atoms with E-state index in [0.29, 0.717) is 13.0 Å². The zero-order valence-corrected chi connectivity index (χ0v) is 12.1. The van der Waals surface area contributed by atoms with Crippen molar-refractivity contribution >= 4 is 11.6 Å². The molecule has 3 heteroatoms. The lowest BCUT2D eigenvalue weighted by Gasteiger charge is -2.27. The fourth-order valence-electron chi connectivity index (χ4n) is 2.06. The normalized spacial score (nSPS) is 12.2. The van der Waals surface area contributed by atoms with Crippen LogP contribution in [0.3, 0.4) is 0 Å². The Morgan fingerprint density at radius 2 is 1.89 bits per heavy atom. The van der Waals surface area contributed by atoms with Crippen LogP contribution < -0.4 is 5.73 Å². The average Bonchev–Trinajstić information content (AvgIpc) is 2.36. The Morgan fingerprint density at radius 1 is 1.32 bits per heavy atom. The maximum Gasteiger partial charge on any atom is 0.223 e. The predicted molar refractivity (Wildman–Crippen MR) is 80.9 cm³/mol. The molecule has 1 rings (SSSR count). The molecule has 1 amide bonds. The van der Waals surface area contributed by atoms with E-state index in [1.807, 2.05) is 43.0 Å². The minimum atomic E-state index is 0.166. The fraction of sp³-hybridized carbons (Fsp3) is 0.438. The van der Waals surface area contributed by atoms with Crippen molar-refractivity contribution in [1.82, 2.24) is 4.90 Å². The zero-order chi connectivity index (χ0) is 14.4. The highest BCUT2D eigenvalue weighted by atomic mass is 16.2. The van der Waals surface area contributed by atoms with Gasteiger partial charge < -0.3 is 10.6 Å². The van der Waals surface area contributed by atoms with Crippen molar-refractivity contribution < 1.29 is 4.79 Å². The fourth-order valence-corrected chi connectivity index (χ4v) is 2.06. The van der Waals surface area contributed by atoms with Crippen molar-refractivity contribution in [2.75, 3.05) is 12.3 Å². The highest BCUT2D eigenvalue weighted by Crippen LogP contribution is 2.21. The maximum atomic E-state index is 12.3. The van der Waals surface area contributed by atoms with E-state index in [9.17, 15) is 4.79 Å². The third-order valence-corrected chi connectivity index (χ3v) is 3.26. The molecule has 0 saturated carbocycles. The second kappa shape index (κ2) is 6.98. The molecule has 0 saturated heterocycles. The molecular formula is C16H24N2O. The summed E-state index contributed by atoms with van der Waals surface area (Å²) in [5.74, 6) is 0.360. The first-order valence-corrected chi connectivity index (χ1v) is 6.71. The van der Waals surface area contributed by atoms with Gasteiger partial charge in [-0.05, 0) is 37.5 Å². The van der Waals surface area contributed by atoms with E-state index in [1.54, 1.807) is 6.08 Å². The summed E-state index contributed by atoms with van der Waals surface area (Å²) in [6, 6.07) is 7.92. The smallest absolute Gasteiger partial charge is 0.223 e. The lowest BCUT2D eigenvalue weighted by Crippen LogP contribution is -2.37. The molecule has 0 bridgehead atoms. The van der Waals surface area contributed by atoms with E-state index in [0.717, 1.165) is 11.3 Å². The third-order valence-electron chi connectivity index (χ3n) is 3.26. The van der Waals surface area contributed by atoms with Crippen LogP contribution in [0.4, 0.5) is 5.69 Å². The highest BCUT2D eigenvalue weighted by molar-refractivity contribution is 5.77. The Labute approximate surface area is 116 Å². The van der Waals surface area contributed by atoms with E-state index in [-0.39, 0.29) is 17.9 Å². The number of carbonyl (C=O) groups excluding carboxylic acids is 1. The molecule has 1 unspecified atom stereocenters. The van der Waals surface area contributed by atoms with Crippen LogP contribution in [0.5, 0.6) is 0 Å². The van der Waals surface area contributed by atoms with Crippen molar-refractivity contribution in [3.05, 3.63) is 42.5 Å². The number of rotatable bonds is 6. The van der Waals surface area contributed by atoms with Crippen LogP contribution in [0.1, 0.15) is 38.7 Å². The molecule has 0 radical (unpaired) electrons. The second-order valence-corrected chi connectivity index (χ2v) is 5.20. The molecule has 2 N–H and O–H groups in total. The van der Waals surface area contributed by atoms with Crippen LogP contribution in [-0.4, -0.2) is 23.4 Å². The minimum absolute atomic E-state index is 0.166. The highest BCUT2D eigenvalue weighted by Gasteiger charge is 2.18. The molecule has 19 heavy (non-hydrogen) atoms. The zero-order valence-electron chi connectivity index (χ0n) is 12.1. The molecule has 0 fully saturated rings. The quantitative estimate of drug-likeness (QED) is 0.630. The lowest BCUT2D eigenvalue weighted by molar-refractivity contribution is -0.132. The Morgan fingerprint density at radius 3 is 2.37 bits per heavy atom. The van der Waals surface area contributed by atoms with Crippen molar-refractivity contribution in [3.63, 3.8) is 0 Å².